The summed E-state index contributed by atoms with van der Waals surface area (Å²) in [4.78, 5) is 2.02. The molecule has 2 unspecified atom stereocenters. The van der Waals surface area contributed by atoms with Crippen LogP contribution in [0.2, 0.25) is 0 Å². The van der Waals surface area contributed by atoms with Gasteiger partial charge >= 0.3 is 6.18 Å². The van der Waals surface area contributed by atoms with Crippen molar-refractivity contribution in [3.8, 4) is 0 Å². The lowest BCUT2D eigenvalue weighted by Crippen LogP contribution is -2.64. The Kier molecular flexibility index (Phi) is 5.06. The molecule has 0 spiro atoms. The van der Waals surface area contributed by atoms with Crippen LogP contribution in [0.15, 0.2) is 0 Å². The first-order chi connectivity index (χ1) is 8.18. The van der Waals surface area contributed by atoms with Crippen molar-refractivity contribution in [2.75, 3.05) is 19.6 Å². The van der Waals surface area contributed by atoms with Crippen molar-refractivity contribution < 1.29 is 13.2 Å². The highest BCUT2D eigenvalue weighted by molar-refractivity contribution is 4.96. The summed E-state index contributed by atoms with van der Waals surface area (Å²) in [6.07, 6.45) is -3.91. The first kappa shape index (κ1) is 15.8. The van der Waals surface area contributed by atoms with Crippen LogP contribution in [0.5, 0.6) is 0 Å². The molecule has 0 amide bonds. The second kappa shape index (κ2) is 5.78. The van der Waals surface area contributed by atoms with E-state index in [0.29, 0.717) is 12.5 Å². The number of piperazine rings is 1. The van der Waals surface area contributed by atoms with E-state index in [2.05, 4.69) is 19.2 Å². The summed E-state index contributed by atoms with van der Waals surface area (Å²) in [5, 5.41) is 3.46. The molecule has 1 fully saturated rings. The first-order valence-corrected chi connectivity index (χ1v) is 6.73. The van der Waals surface area contributed by atoms with E-state index in [0.717, 1.165) is 13.0 Å². The normalized spacial score (nSPS) is 31.0. The zero-order valence-corrected chi connectivity index (χ0v) is 11.8. The minimum Gasteiger partial charge on any atom is -0.311 e. The molecular weight excluding hydrogens is 241 g/mol. The summed E-state index contributed by atoms with van der Waals surface area (Å²) in [6.45, 7) is 9.88. The van der Waals surface area contributed by atoms with Gasteiger partial charge in [-0.05, 0) is 19.3 Å². The number of rotatable bonds is 4. The molecule has 0 aromatic heterocycles. The van der Waals surface area contributed by atoms with Crippen LogP contribution in [0.1, 0.15) is 40.5 Å². The Balaban J connectivity index is 2.67. The van der Waals surface area contributed by atoms with Gasteiger partial charge in [-0.1, -0.05) is 20.8 Å². The fourth-order valence-corrected chi connectivity index (χ4v) is 2.40. The first-order valence-electron chi connectivity index (χ1n) is 6.73. The molecule has 1 aliphatic heterocycles. The van der Waals surface area contributed by atoms with Crippen molar-refractivity contribution in [3.05, 3.63) is 0 Å². The van der Waals surface area contributed by atoms with Crippen LogP contribution >= 0.6 is 0 Å². The molecule has 0 bridgehead atoms. The second-order valence-electron chi connectivity index (χ2n) is 5.89. The highest BCUT2D eigenvalue weighted by atomic mass is 19.4. The molecule has 2 atom stereocenters. The number of nitrogens with one attached hydrogen (secondary N) is 1. The Labute approximate surface area is 108 Å². The summed E-state index contributed by atoms with van der Waals surface area (Å²) in [5.41, 5.74) is -0.156. The van der Waals surface area contributed by atoms with E-state index in [9.17, 15) is 13.2 Å². The van der Waals surface area contributed by atoms with Gasteiger partial charge in [-0.3, -0.25) is 4.90 Å². The summed E-state index contributed by atoms with van der Waals surface area (Å²) in [5.74, 6) is 0.444. The van der Waals surface area contributed by atoms with Gasteiger partial charge in [0.15, 0.2) is 0 Å². The van der Waals surface area contributed by atoms with Crippen molar-refractivity contribution in [2.45, 2.75) is 58.3 Å². The molecule has 0 saturated carbocycles. The molecule has 2 nitrogen and oxygen atoms in total. The van der Waals surface area contributed by atoms with Crippen molar-refractivity contribution in [1.29, 1.82) is 0 Å². The number of hydrogen-bond donors (Lipinski definition) is 1. The number of alkyl halides is 3. The van der Waals surface area contributed by atoms with E-state index in [4.69, 9.17) is 0 Å². The van der Waals surface area contributed by atoms with Crippen LogP contribution < -0.4 is 5.32 Å². The van der Waals surface area contributed by atoms with E-state index in [1.807, 2.05) is 18.7 Å². The Morgan fingerprint density at radius 2 is 2.00 bits per heavy atom. The van der Waals surface area contributed by atoms with Crippen molar-refractivity contribution >= 4 is 0 Å². The molecular formula is C13H25F3N2. The molecule has 1 aliphatic rings. The maximum atomic E-state index is 12.4. The Morgan fingerprint density at radius 1 is 1.39 bits per heavy atom. The second-order valence-corrected chi connectivity index (χ2v) is 5.89. The average molecular weight is 266 g/mol. The van der Waals surface area contributed by atoms with Gasteiger partial charge in [-0.15, -0.1) is 0 Å². The van der Waals surface area contributed by atoms with E-state index in [1.165, 1.54) is 0 Å². The molecule has 0 aromatic rings. The van der Waals surface area contributed by atoms with Crippen LogP contribution in [0.3, 0.4) is 0 Å². The van der Waals surface area contributed by atoms with Gasteiger partial charge in [0.2, 0.25) is 0 Å². The zero-order chi connectivity index (χ0) is 14.0. The molecule has 18 heavy (non-hydrogen) atoms. The van der Waals surface area contributed by atoms with E-state index >= 15 is 0 Å². The van der Waals surface area contributed by atoms with Crippen LogP contribution in [-0.2, 0) is 0 Å². The highest BCUT2D eigenvalue weighted by Crippen LogP contribution is 2.28. The fraction of sp³-hybridized carbons (Fsp3) is 1.00. The molecule has 1 heterocycles. The van der Waals surface area contributed by atoms with Crippen molar-refractivity contribution in [3.63, 3.8) is 0 Å². The van der Waals surface area contributed by atoms with E-state index < -0.39 is 12.6 Å². The monoisotopic (exact) mass is 266 g/mol. The van der Waals surface area contributed by atoms with Crippen LogP contribution in [-0.4, -0.2) is 42.3 Å². The minimum atomic E-state index is -4.06. The molecule has 1 N–H and O–H groups in total. The highest BCUT2D eigenvalue weighted by Gasteiger charge is 2.39. The maximum absolute atomic E-state index is 12.4. The summed E-state index contributed by atoms with van der Waals surface area (Å²) in [7, 11) is 0. The lowest BCUT2D eigenvalue weighted by atomic mass is 9.89. The van der Waals surface area contributed by atoms with E-state index in [1.54, 1.807) is 0 Å². The number of nitrogens with zero attached hydrogens (tertiary/aromatic N) is 1. The van der Waals surface area contributed by atoms with Gasteiger partial charge in [0, 0.05) is 31.2 Å². The molecule has 1 saturated heterocycles. The third-order valence-electron chi connectivity index (χ3n) is 4.16. The van der Waals surface area contributed by atoms with Crippen LogP contribution in [0, 0.1) is 5.92 Å². The molecule has 108 valence electrons. The molecule has 0 radical (unpaired) electrons. The summed E-state index contributed by atoms with van der Waals surface area (Å²) in [6, 6.07) is 0.290. The van der Waals surface area contributed by atoms with Crippen molar-refractivity contribution in [1.82, 2.24) is 10.2 Å². The predicted octanol–water partition coefficient (Wildman–Crippen LogP) is 3.04. The standard InChI is InChI=1S/C13H25F3N2/c1-5-12(4)9-17-11(10(2)3)8-18(12)7-6-13(14,15)16/h10-11,17H,5-9H2,1-4H3. The van der Waals surface area contributed by atoms with Crippen LogP contribution in [0.25, 0.3) is 0 Å². The Morgan fingerprint density at radius 3 is 2.44 bits per heavy atom. The fourth-order valence-electron chi connectivity index (χ4n) is 2.40. The predicted molar refractivity (Wildman–Crippen MR) is 67.6 cm³/mol. The minimum absolute atomic E-state index is 0.110. The average Bonchev–Trinajstić information content (AvgIpc) is 2.26. The van der Waals surface area contributed by atoms with Crippen molar-refractivity contribution in [2.24, 2.45) is 5.92 Å². The summed E-state index contributed by atoms with van der Waals surface area (Å²) < 4.78 is 37.1. The van der Waals surface area contributed by atoms with Gasteiger partial charge in [0.25, 0.3) is 0 Å². The molecule has 1 rings (SSSR count). The number of hydrogen-bond acceptors (Lipinski definition) is 2. The molecule has 5 heteroatoms. The van der Waals surface area contributed by atoms with Crippen LogP contribution in [0.4, 0.5) is 13.2 Å². The van der Waals surface area contributed by atoms with Gasteiger partial charge in [-0.2, -0.15) is 13.2 Å². The molecule has 0 aliphatic carbocycles. The lowest BCUT2D eigenvalue weighted by Gasteiger charge is -2.49. The van der Waals surface area contributed by atoms with Gasteiger partial charge in [-0.25, -0.2) is 0 Å². The largest absolute Gasteiger partial charge is 0.390 e. The third kappa shape index (κ3) is 4.12. The smallest absolute Gasteiger partial charge is 0.311 e. The maximum Gasteiger partial charge on any atom is 0.390 e. The quantitative estimate of drug-likeness (QED) is 0.841. The SMILES string of the molecule is CCC1(C)CNC(C(C)C)CN1CCC(F)(F)F. The number of halogens is 3. The van der Waals surface area contributed by atoms with Gasteiger partial charge in [0.1, 0.15) is 0 Å². The lowest BCUT2D eigenvalue weighted by molar-refractivity contribution is -0.142. The van der Waals surface area contributed by atoms with E-state index in [-0.39, 0.29) is 18.1 Å². The Bertz CT molecular complexity index is 265. The third-order valence-corrected chi connectivity index (χ3v) is 4.16. The topological polar surface area (TPSA) is 15.3 Å². The summed E-state index contributed by atoms with van der Waals surface area (Å²) >= 11 is 0. The van der Waals surface area contributed by atoms with Gasteiger partial charge < -0.3 is 5.32 Å². The van der Waals surface area contributed by atoms with Gasteiger partial charge in [0.05, 0.1) is 6.42 Å². The zero-order valence-electron chi connectivity index (χ0n) is 11.8. The Hall–Kier alpha value is -0.290. The molecule has 0 aromatic carbocycles.